The van der Waals surface area contributed by atoms with Crippen LogP contribution in [0.3, 0.4) is 0 Å². The van der Waals surface area contributed by atoms with Gasteiger partial charge in [-0.2, -0.15) is 0 Å². The lowest BCUT2D eigenvalue weighted by atomic mass is 10.1. The molecule has 4 atom stereocenters. The largest absolute Gasteiger partial charge is 0.394 e. The molecule has 0 bridgehead atoms. The molecule has 1 aromatic heterocycles. The molecular formula is C8H12N4O5. The van der Waals surface area contributed by atoms with E-state index >= 15 is 0 Å². The number of rotatable bonds is 3. The molecule has 0 aromatic carbocycles. The maximum atomic E-state index is 10.8. The van der Waals surface area contributed by atoms with Crippen molar-refractivity contribution < 1.29 is 24.9 Å². The first-order valence-corrected chi connectivity index (χ1v) is 4.89. The average Bonchev–Trinajstić information content (AvgIpc) is 2.87. The Hall–Kier alpha value is -1.55. The summed E-state index contributed by atoms with van der Waals surface area (Å²) in [6, 6.07) is 0. The van der Waals surface area contributed by atoms with Crippen LogP contribution in [0.15, 0.2) is 0 Å². The molecule has 0 aliphatic carbocycles. The number of nitrogens with two attached hydrogens (primary N) is 1. The van der Waals surface area contributed by atoms with Crippen LogP contribution in [0.1, 0.15) is 22.5 Å². The van der Waals surface area contributed by atoms with Crippen LogP contribution in [-0.4, -0.2) is 61.3 Å². The lowest BCUT2D eigenvalue weighted by molar-refractivity contribution is -0.0252. The highest BCUT2D eigenvalue weighted by Gasteiger charge is 2.44. The van der Waals surface area contributed by atoms with E-state index in [1.807, 2.05) is 0 Å². The zero-order valence-corrected chi connectivity index (χ0v) is 8.65. The Morgan fingerprint density at radius 3 is 2.65 bits per heavy atom. The van der Waals surface area contributed by atoms with Crippen LogP contribution in [-0.2, 0) is 4.74 Å². The number of aliphatic hydroxyl groups excluding tert-OH is 3. The van der Waals surface area contributed by atoms with Gasteiger partial charge < -0.3 is 25.8 Å². The first-order chi connectivity index (χ1) is 8.04. The van der Waals surface area contributed by atoms with Crippen molar-refractivity contribution in [2.24, 2.45) is 5.73 Å². The quantitative estimate of drug-likeness (QED) is 0.381. The van der Waals surface area contributed by atoms with Crippen molar-refractivity contribution in [3.8, 4) is 0 Å². The number of hydrogen-bond donors (Lipinski definition) is 5. The number of aliphatic hydroxyl groups is 3. The maximum absolute atomic E-state index is 10.8. The summed E-state index contributed by atoms with van der Waals surface area (Å²) in [6.45, 7) is -0.439. The van der Waals surface area contributed by atoms with Crippen LogP contribution in [0.25, 0.3) is 0 Å². The monoisotopic (exact) mass is 244 g/mol. The van der Waals surface area contributed by atoms with Crippen LogP contribution in [0, 0.1) is 0 Å². The number of hydrogen-bond acceptors (Lipinski definition) is 7. The first-order valence-electron chi connectivity index (χ1n) is 4.89. The topological polar surface area (TPSA) is 155 Å². The third-order valence-electron chi connectivity index (χ3n) is 2.53. The Bertz CT molecular complexity index is 422. The van der Waals surface area contributed by atoms with Gasteiger partial charge in [0.25, 0.3) is 5.91 Å². The number of ether oxygens (including phenoxy) is 1. The smallest absolute Gasteiger partial charge is 0.288 e. The molecule has 0 saturated carbocycles. The number of aromatic nitrogens is 3. The number of amides is 1. The van der Waals surface area contributed by atoms with Crippen molar-refractivity contribution in [1.82, 2.24) is 15.2 Å². The van der Waals surface area contributed by atoms with E-state index in [0.717, 1.165) is 0 Å². The number of aromatic amines is 1. The molecule has 2 heterocycles. The number of carbonyl (C=O) groups is 1. The van der Waals surface area contributed by atoms with Crippen molar-refractivity contribution in [2.75, 3.05) is 6.61 Å². The van der Waals surface area contributed by atoms with Gasteiger partial charge >= 0.3 is 0 Å². The predicted molar refractivity (Wildman–Crippen MR) is 51.6 cm³/mol. The van der Waals surface area contributed by atoms with Crippen molar-refractivity contribution >= 4 is 5.91 Å². The summed E-state index contributed by atoms with van der Waals surface area (Å²) >= 11 is 0. The van der Waals surface area contributed by atoms with Crippen LogP contribution in [0.2, 0.25) is 0 Å². The van der Waals surface area contributed by atoms with E-state index in [-0.39, 0.29) is 11.6 Å². The molecule has 94 valence electrons. The molecule has 1 fully saturated rings. The van der Waals surface area contributed by atoms with Gasteiger partial charge in [-0.25, -0.2) is 4.98 Å². The minimum atomic E-state index is -1.26. The second kappa shape index (κ2) is 4.37. The molecule has 1 aromatic rings. The van der Waals surface area contributed by atoms with E-state index in [1.165, 1.54) is 0 Å². The predicted octanol–water partition coefficient (Wildman–Crippen LogP) is -2.94. The summed E-state index contributed by atoms with van der Waals surface area (Å²) in [7, 11) is 0. The molecule has 0 spiro atoms. The van der Waals surface area contributed by atoms with Gasteiger partial charge in [-0.15, -0.1) is 5.10 Å². The zero-order valence-electron chi connectivity index (χ0n) is 8.65. The molecule has 17 heavy (non-hydrogen) atoms. The summed E-state index contributed by atoms with van der Waals surface area (Å²) in [6.07, 6.45) is -4.38. The van der Waals surface area contributed by atoms with Gasteiger partial charge in [0.15, 0.2) is 5.82 Å². The SMILES string of the molecule is NC(=O)c1n[nH]c(C2O[C@H](CO)[C@@H](O)[C@H]2O)n1. The number of nitrogens with one attached hydrogen (secondary N) is 1. The Morgan fingerprint density at radius 1 is 1.47 bits per heavy atom. The van der Waals surface area contributed by atoms with E-state index in [2.05, 4.69) is 15.2 Å². The molecule has 9 nitrogen and oxygen atoms in total. The molecule has 1 aliphatic rings. The van der Waals surface area contributed by atoms with Gasteiger partial charge in [-0.1, -0.05) is 0 Å². The summed E-state index contributed by atoms with van der Waals surface area (Å²) in [4.78, 5) is 14.5. The van der Waals surface area contributed by atoms with Crippen LogP contribution >= 0.6 is 0 Å². The lowest BCUT2D eigenvalue weighted by Crippen LogP contribution is -2.32. The lowest BCUT2D eigenvalue weighted by Gasteiger charge is -2.10. The minimum absolute atomic E-state index is 0.0706. The minimum Gasteiger partial charge on any atom is -0.394 e. The van der Waals surface area contributed by atoms with Crippen molar-refractivity contribution in [2.45, 2.75) is 24.4 Å². The highest BCUT2D eigenvalue weighted by molar-refractivity contribution is 5.88. The van der Waals surface area contributed by atoms with Gasteiger partial charge in [0, 0.05) is 0 Å². The second-order valence-electron chi connectivity index (χ2n) is 3.67. The molecular weight excluding hydrogens is 232 g/mol. The van der Waals surface area contributed by atoms with E-state index in [1.54, 1.807) is 0 Å². The van der Waals surface area contributed by atoms with E-state index < -0.39 is 36.9 Å². The number of carbonyl (C=O) groups excluding carboxylic acids is 1. The van der Waals surface area contributed by atoms with Crippen molar-refractivity contribution in [1.29, 1.82) is 0 Å². The van der Waals surface area contributed by atoms with Gasteiger partial charge in [-0.3, -0.25) is 9.89 Å². The van der Waals surface area contributed by atoms with Crippen LogP contribution in [0.5, 0.6) is 0 Å². The fraction of sp³-hybridized carbons (Fsp3) is 0.625. The van der Waals surface area contributed by atoms with Gasteiger partial charge in [0.05, 0.1) is 6.61 Å². The van der Waals surface area contributed by atoms with E-state index in [0.29, 0.717) is 0 Å². The summed E-state index contributed by atoms with van der Waals surface area (Å²) in [5.74, 6) is -0.988. The van der Waals surface area contributed by atoms with E-state index in [9.17, 15) is 15.0 Å². The van der Waals surface area contributed by atoms with Gasteiger partial charge in [0.2, 0.25) is 5.82 Å². The molecule has 1 aliphatic heterocycles. The summed E-state index contributed by atoms with van der Waals surface area (Å²) in [5, 5.41) is 34.0. The average molecular weight is 244 g/mol. The Balaban J connectivity index is 2.19. The third-order valence-corrected chi connectivity index (χ3v) is 2.53. The molecule has 0 radical (unpaired) electrons. The molecule has 1 saturated heterocycles. The highest BCUT2D eigenvalue weighted by atomic mass is 16.6. The van der Waals surface area contributed by atoms with Crippen LogP contribution in [0.4, 0.5) is 0 Å². The third kappa shape index (κ3) is 2.00. The molecule has 6 N–H and O–H groups in total. The molecule has 2 rings (SSSR count). The van der Waals surface area contributed by atoms with Crippen molar-refractivity contribution in [3.05, 3.63) is 11.6 Å². The summed E-state index contributed by atoms with van der Waals surface area (Å²) < 4.78 is 5.18. The molecule has 1 amide bonds. The van der Waals surface area contributed by atoms with Crippen LogP contribution < -0.4 is 5.73 Å². The second-order valence-corrected chi connectivity index (χ2v) is 3.67. The number of primary amides is 1. The fourth-order valence-corrected chi connectivity index (χ4v) is 1.64. The van der Waals surface area contributed by atoms with E-state index in [4.69, 9.17) is 15.6 Å². The first kappa shape index (κ1) is 11.9. The Morgan fingerprint density at radius 2 is 2.18 bits per heavy atom. The molecule has 1 unspecified atom stereocenters. The molecule has 9 heteroatoms. The zero-order chi connectivity index (χ0) is 12.6. The standard InChI is InChI=1S/C8H12N4O5/c9-6(16)8-10-7(11-12-8)5-4(15)3(14)2(1-13)17-5/h2-5,13-15H,1H2,(H2,9,16)(H,10,11,12)/t2-,3-,4-,5?/m1/s1. The Kier molecular flexibility index (Phi) is 3.07. The van der Waals surface area contributed by atoms with Crippen molar-refractivity contribution in [3.63, 3.8) is 0 Å². The fourth-order valence-electron chi connectivity index (χ4n) is 1.64. The van der Waals surface area contributed by atoms with Gasteiger partial charge in [-0.05, 0) is 0 Å². The number of nitrogens with zero attached hydrogens (tertiary/aromatic N) is 2. The maximum Gasteiger partial charge on any atom is 0.288 e. The summed E-state index contributed by atoms with van der Waals surface area (Å²) in [5.41, 5.74) is 4.96. The Labute approximate surface area is 95.2 Å². The van der Waals surface area contributed by atoms with Gasteiger partial charge in [0.1, 0.15) is 24.4 Å². The normalized spacial score (nSPS) is 32.9. The number of H-pyrrole nitrogens is 1. The highest BCUT2D eigenvalue weighted by Crippen LogP contribution is 2.31.